The molecule has 2 heterocycles. The number of hydrogen-bond donors (Lipinski definition) is 1. The fourth-order valence-electron chi connectivity index (χ4n) is 1.38. The van der Waals surface area contributed by atoms with Crippen molar-refractivity contribution in [1.29, 1.82) is 0 Å². The molecule has 72 valence electrons. The Morgan fingerprint density at radius 2 is 2.21 bits per heavy atom. The molecule has 2 N–H and O–H groups in total. The van der Waals surface area contributed by atoms with Crippen LogP contribution in [0, 0.1) is 6.92 Å². The maximum absolute atomic E-state index is 5.57. The third-order valence-corrected chi connectivity index (χ3v) is 3.28. The van der Waals surface area contributed by atoms with Crippen molar-refractivity contribution in [3.8, 4) is 10.4 Å². The van der Waals surface area contributed by atoms with E-state index in [4.69, 9.17) is 5.73 Å². The van der Waals surface area contributed by atoms with E-state index in [2.05, 4.69) is 23.2 Å². The second kappa shape index (κ2) is 3.90. The molecule has 0 saturated heterocycles. The lowest BCUT2D eigenvalue weighted by atomic mass is 10.2. The molecule has 2 rings (SSSR count). The monoisotopic (exact) mass is 204 g/mol. The molecular formula is C11H12N2S. The summed E-state index contributed by atoms with van der Waals surface area (Å²) in [6.45, 7) is 2.64. The molecule has 0 spiro atoms. The minimum absolute atomic E-state index is 0.615. The average molecular weight is 204 g/mol. The lowest BCUT2D eigenvalue weighted by Gasteiger charge is -2.00. The predicted molar refractivity (Wildman–Crippen MR) is 60.2 cm³/mol. The van der Waals surface area contributed by atoms with Gasteiger partial charge in [0, 0.05) is 33.8 Å². The summed E-state index contributed by atoms with van der Waals surface area (Å²) in [4.78, 5) is 6.72. The summed E-state index contributed by atoms with van der Waals surface area (Å²) < 4.78 is 0. The zero-order chi connectivity index (χ0) is 9.97. The van der Waals surface area contributed by atoms with Crippen LogP contribution in [0.15, 0.2) is 30.5 Å². The molecule has 0 bridgehead atoms. The van der Waals surface area contributed by atoms with Gasteiger partial charge in [-0.15, -0.1) is 11.3 Å². The summed E-state index contributed by atoms with van der Waals surface area (Å²) in [5.74, 6) is 0. The van der Waals surface area contributed by atoms with E-state index < -0.39 is 0 Å². The first-order valence-electron chi connectivity index (χ1n) is 4.52. The highest BCUT2D eigenvalue weighted by molar-refractivity contribution is 7.15. The number of thiophene rings is 1. The van der Waals surface area contributed by atoms with Crippen LogP contribution in [0.4, 0.5) is 0 Å². The molecule has 0 saturated carbocycles. The summed E-state index contributed by atoms with van der Waals surface area (Å²) >= 11 is 1.74. The second-order valence-electron chi connectivity index (χ2n) is 3.11. The van der Waals surface area contributed by atoms with Gasteiger partial charge in [0.15, 0.2) is 0 Å². The Kier molecular flexibility index (Phi) is 2.61. The van der Waals surface area contributed by atoms with Crippen LogP contribution in [0.25, 0.3) is 10.4 Å². The normalized spacial score (nSPS) is 10.4. The van der Waals surface area contributed by atoms with Gasteiger partial charge in [-0.2, -0.15) is 0 Å². The van der Waals surface area contributed by atoms with Crippen molar-refractivity contribution in [2.24, 2.45) is 5.73 Å². The predicted octanol–water partition coefficient (Wildman–Crippen LogP) is 2.58. The highest BCUT2D eigenvalue weighted by Crippen LogP contribution is 2.29. The zero-order valence-electron chi connectivity index (χ0n) is 8.03. The molecule has 0 amide bonds. The van der Waals surface area contributed by atoms with Gasteiger partial charge in [0.25, 0.3) is 0 Å². The molecule has 0 radical (unpaired) electrons. The van der Waals surface area contributed by atoms with E-state index in [1.54, 1.807) is 11.3 Å². The lowest BCUT2D eigenvalue weighted by Crippen LogP contribution is -1.91. The van der Waals surface area contributed by atoms with Gasteiger partial charge in [0.1, 0.15) is 0 Å². The standard InChI is InChI=1S/C11H12N2S/c1-8-10(3-2-6-13-8)11-5-4-9(7-12)14-11/h2-6H,7,12H2,1H3. The molecule has 0 aliphatic rings. The second-order valence-corrected chi connectivity index (χ2v) is 4.27. The molecule has 14 heavy (non-hydrogen) atoms. The third kappa shape index (κ3) is 1.69. The molecule has 2 nitrogen and oxygen atoms in total. The smallest absolute Gasteiger partial charge is 0.0459 e. The van der Waals surface area contributed by atoms with Gasteiger partial charge >= 0.3 is 0 Å². The Morgan fingerprint density at radius 3 is 2.86 bits per heavy atom. The van der Waals surface area contributed by atoms with Crippen LogP contribution in [-0.4, -0.2) is 4.98 Å². The van der Waals surface area contributed by atoms with Crippen LogP contribution in [-0.2, 0) is 6.54 Å². The van der Waals surface area contributed by atoms with Crippen LogP contribution in [0.2, 0.25) is 0 Å². The van der Waals surface area contributed by atoms with Gasteiger partial charge in [0.05, 0.1) is 0 Å². The average Bonchev–Trinajstić information content (AvgIpc) is 2.67. The van der Waals surface area contributed by atoms with Crippen molar-refractivity contribution in [3.05, 3.63) is 41.0 Å². The number of hydrogen-bond acceptors (Lipinski definition) is 3. The summed E-state index contributed by atoms with van der Waals surface area (Å²) in [7, 11) is 0. The molecule has 0 aliphatic heterocycles. The molecule has 0 aromatic carbocycles. The maximum Gasteiger partial charge on any atom is 0.0459 e. The maximum atomic E-state index is 5.57. The molecule has 2 aromatic rings. The van der Waals surface area contributed by atoms with E-state index in [-0.39, 0.29) is 0 Å². The molecule has 0 fully saturated rings. The lowest BCUT2D eigenvalue weighted by molar-refractivity contribution is 1.11. The van der Waals surface area contributed by atoms with Gasteiger partial charge in [-0.25, -0.2) is 0 Å². The minimum atomic E-state index is 0.615. The zero-order valence-corrected chi connectivity index (χ0v) is 8.84. The van der Waals surface area contributed by atoms with Gasteiger partial charge in [-0.05, 0) is 25.1 Å². The molecule has 2 aromatic heterocycles. The first-order valence-corrected chi connectivity index (χ1v) is 5.33. The quantitative estimate of drug-likeness (QED) is 0.816. The molecule has 0 aliphatic carbocycles. The van der Waals surface area contributed by atoms with Crippen molar-refractivity contribution in [2.45, 2.75) is 13.5 Å². The Labute approximate surface area is 87.4 Å². The van der Waals surface area contributed by atoms with Crippen LogP contribution in [0.3, 0.4) is 0 Å². The summed E-state index contributed by atoms with van der Waals surface area (Å²) in [5.41, 5.74) is 7.85. The van der Waals surface area contributed by atoms with E-state index in [0.29, 0.717) is 6.54 Å². The van der Waals surface area contributed by atoms with Gasteiger partial charge in [0.2, 0.25) is 0 Å². The number of nitrogens with zero attached hydrogens (tertiary/aromatic N) is 1. The summed E-state index contributed by atoms with van der Waals surface area (Å²) in [5, 5.41) is 0. The molecule has 0 unspecified atom stereocenters. The van der Waals surface area contributed by atoms with Gasteiger partial charge < -0.3 is 5.73 Å². The molecule has 3 heteroatoms. The van der Waals surface area contributed by atoms with Gasteiger partial charge in [-0.3, -0.25) is 4.98 Å². The first-order chi connectivity index (χ1) is 6.81. The van der Waals surface area contributed by atoms with E-state index in [0.717, 1.165) is 5.69 Å². The fraction of sp³-hybridized carbons (Fsp3) is 0.182. The van der Waals surface area contributed by atoms with Crippen LogP contribution >= 0.6 is 11.3 Å². The largest absolute Gasteiger partial charge is 0.326 e. The number of aryl methyl sites for hydroxylation is 1. The van der Waals surface area contributed by atoms with Crippen LogP contribution in [0.5, 0.6) is 0 Å². The summed E-state index contributed by atoms with van der Waals surface area (Å²) in [6, 6.07) is 8.24. The fourth-order valence-corrected chi connectivity index (χ4v) is 2.34. The van der Waals surface area contributed by atoms with E-state index >= 15 is 0 Å². The van der Waals surface area contributed by atoms with Gasteiger partial charge in [-0.1, -0.05) is 6.07 Å². The topological polar surface area (TPSA) is 38.9 Å². The SMILES string of the molecule is Cc1ncccc1-c1ccc(CN)s1. The molecular weight excluding hydrogens is 192 g/mol. The Hall–Kier alpha value is -1.19. The third-order valence-electron chi connectivity index (χ3n) is 2.14. The highest BCUT2D eigenvalue weighted by atomic mass is 32.1. The number of aromatic nitrogens is 1. The minimum Gasteiger partial charge on any atom is -0.326 e. The van der Waals surface area contributed by atoms with Crippen LogP contribution in [0.1, 0.15) is 10.6 Å². The van der Waals surface area contributed by atoms with Crippen molar-refractivity contribution >= 4 is 11.3 Å². The van der Waals surface area contributed by atoms with E-state index in [1.807, 2.05) is 19.2 Å². The van der Waals surface area contributed by atoms with Crippen molar-refractivity contribution < 1.29 is 0 Å². The summed E-state index contributed by atoms with van der Waals surface area (Å²) in [6.07, 6.45) is 1.82. The number of nitrogens with two attached hydrogens (primary N) is 1. The Bertz CT molecular complexity index is 434. The first kappa shape index (κ1) is 9.37. The van der Waals surface area contributed by atoms with Crippen molar-refractivity contribution in [2.75, 3.05) is 0 Å². The van der Waals surface area contributed by atoms with Crippen LogP contribution < -0.4 is 5.73 Å². The number of pyridine rings is 1. The Morgan fingerprint density at radius 1 is 1.36 bits per heavy atom. The van der Waals surface area contributed by atoms with E-state index in [9.17, 15) is 0 Å². The number of rotatable bonds is 2. The van der Waals surface area contributed by atoms with Crippen molar-refractivity contribution in [1.82, 2.24) is 4.98 Å². The Balaban J connectivity index is 2.44. The highest BCUT2D eigenvalue weighted by Gasteiger charge is 2.04. The van der Waals surface area contributed by atoms with E-state index in [1.165, 1.54) is 15.3 Å². The molecule has 0 atom stereocenters. The van der Waals surface area contributed by atoms with Crippen molar-refractivity contribution in [3.63, 3.8) is 0 Å².